The molecule has 4 nitrogen and oxygen atoms in total. The van der Waals surface area contributed by atoms with E-state index < -0.39 is 11.6 Å². The van der Waals surface area contributed by atoms with Crippen molar-refractivity contribution in [3.05, 3.63) is 40.1 Å². The van der Waals surface area contributed by atoms with Crippen LogP contribution in [0.1, 0.15) is 5.56 Å². The van der Waals surface area contributed by atoms with Gasteiger partial charge < -0.3 is 10.3 Å². The molecule has 3 rings (SSSR count). The fourth-order valence-corrected chi connectivity index (χ4v) is 2.61. The fraction of sp³-hybridized carbons (Fsp3) is 0.0769. The van der Waals surface area contributed by atoms with E-state index in [0.717, 1.165) is 23.3 Å². The van der Waals surface area contributed by atoms with Gasteiger partial charge in [0, 0.05) is 22.7 Å². The maximum Gasteiger partial charge on any atom is 0.260 e. The number of aromatic nitrogens is 2. The SMILES string of the molecule is Cc1cscc1-c1noc(-c2cc(F)c(F)cc2N)n1. The Bertz CT molecular complexity index is 782. The normalized spacial score (nSPS) is 10.9. The van der Waals surface area contributed by atoms with E-state index in [1.807, 2.05) is 17.7 Å². The molecule has 2 N–H and O–H groups in total. The molecule has 0 saturated heterocycles. The summed E-state index contributed by atoms with van der Waals surface area (Å²) in [6.45, 7) is 1.92. The van der Waals surface area contributed by atoms with Crippen molar-refractivity contribution in [3.63, 3.8) is 0 Å². The monoisotopic (exact) mass is 293 g/mol. The summed E-state index contributed by atoms with van der Waals surface area (Å²) in [6, 6.07) is 1.84. The molecule has 2 heterocycles. The van der Waals surface area contributed by atoms with Crippen LogP contribution in [0.15, 0.2) is 27.4 Å². The molecule has 20 heavy (non-hydrogen) atoms. The van der Waals surface area contributed by atoms with Gasteiger partial charge in [-0.25, -0.2) is 8.78 Å². The van der Waals surface area contributed by atoms with Gasteiger partial charge >= 0.3 is 0 Å². The topological polar surface area (TPSA) is 64.9 Å². The fourth-order valence-electron chi connectivity index (χ4n) is 1.78. The third-order valence-electron chi connectivity index (χ3n) is 2.85. The van der Waals surface area contributed by atoms with E-state index in [-0.39, 0.29) is 17.1 Å². The van der Waals surface area contributed by atoms with Gasteiger partial charge in [-0.15, -0.1) is 0 Å². The lowest BCUT2D eigenvalue weighted by Crippen LogP contribution is -1.94. The molecule has 1 aromatic carbocycles. The molecular weight excluding hydrogens is 284 g/mol. The minimum Gasteiger partial charge on any atom is -0.398 e. The van der Waals surface area contributed by atoms with Crippen LogP contribution in [0, 0.1) is 18.6 Å². The van der Waals surface area contributed by atoms with Crippen LogP contribution in [0.25, 0.3) is 22.8 Å². The van der Waals surface area contributed by atoms with E-state index in [0.29, 0.717) is 5.82 Å². The number of nitrogen functional groups attached to an aromatic ring is 1. The second-order valence-corrected chi connectivity index (χ2v) is 4.99. The van der Waals surface area contributed by atoms with Crippen LogP contribution < -0.4 is 5.73 Å². The van der Waals surface area contributed by atoms with E-state index in [9.17, 15) is 8.78 Å². The molecule has 0 spiro atoms. The number of nitrogens with two attached hydrogens (primary N) is 1. The molecule has 7 heteroatoms. The smallest absolute Gasteiger partial charge is 0.260 e. The van der Waals surface area contributed by atoms with Crippen molar-refractivity contribution in [3.8, 4) is 22.8 Å². The first kappa shape index (κ1) is 12.7. The van der Waals surface area contributed by atoms with Crippen molar-refractivity contribution < 1.29 is 13.3 Å². The van der Waals surface area contributed by atoms with Gasteiger partial charge in [0.15, 0.2) is 11.6 Å². The number of rotatable bonds is 2. The van der Waals surface area contributed by atoms with Crippen molar-refractivity contribution in [2.75, 3.05) is 5.73 Å². The number of anilines is 1. The summed E-state index contributed by atoms with van der Waals surface area (Å²) in [4.78, 5) is 4.18. The van der Waals surface area contributed by atoms with E-state index >= 15 is 0 Å². The molecule has 0 fully saturated rings. The first-order chi connectivity index (χ1) is 9.56. The van der Waals surface area contributed by atoms with E-state index in [2.05, 4.69) is 10.1 Å². The van der Waals surface area contributed by atoms with Crippen LogP contribution in [0.3, 0.4) is 0 Å². The van der Waals surface area contributed by atoms with E-state index in [4.69, 9.17) is 10.3 Å². The van der Waals surface area contributed by atoms with Gasteiger partial charge in [0.05, 0.1) is 5.56 Å². The standard InChI is InChI=1S/C13H9F2N3OS/c1-6-4-20-5-8(6)12-17-13(19-18-12)7-2-9(14)10(15)3-11(7)16/h2-5H,16H2,1H3. The molecule has 0 radical (unpaired) electrons. The number of hydrogen-bond donors (Lipinski definition) is 1. The number of nitrogens with zero attached hydrogens (tertiary/aromatic N) is 2. The molecule has 0 aliphatic carbocycles. The predicted octanol–water partition coefficient (Wildman–Crippen LogP) is 3.63. The van der Waals surface area contributed by atoms with Gasteiger partial charge in [0.25, 0.3) is 5.89 Å². The Morgan fingerprint density at radius 3 is 2.60 bits per heavy atom. The largest absolute Gasteiger partial charge is 0.398 e. The maximum absolute atomic E-state index is 13.3. The van der Waals surface area contributed by atoms with Crippen molar-refractivity contribution in [1.29, 1.82) is 0 Å². The quantitative estimate of drug-likeness (QED) is 0.733. The van der Waals surface area contributed by atoms with Crippen LogP contribution in [0.2, 0.25) is 0 Å². The zero-order chi connectivity index (χ0) is 14.3. The zero-order valence-electron chi connectivity index (χ0n) is 10.4. The Morgan fingerprint density at radius 1 is 1.15 bits per heavy atom. The Morgan fingerprint density at radius 2 is 1.90 bits per heavy atom. The van der Waals surface area contributed by atoms with Crippen molar-refractivity contribution in [2.24, 2.45) is 0 Å². The predicted molar refractivity (Wildman–Crippen MR) is 72.1 cm³/mol. The lowest BCUT2D eigenvalue weighted by molar-refractivity contribution is 0.431. The third-order valence-corrected chi connectivity index (χ3v) is 3.71. The number of benzene rings is 1. The number of hydrogen-bond acceptors (Lipinski definition) is 5. The van der Waals surface area contributed by atoms with Crippen molar-refractivity contribution in [2.45, 2.75) is 6.92 Å². The Kier molecular flexibility index (Phi) is 2.98. The van der Waals surface area contributed by atoms with Crippen LogP contribution in [0.4, 0.5) is 14.5 Å². The molecule has 0 bridgehead atoms. The van der Waals surface area contributed by atoms with Gasteiger partial charge in [0.1, 0.15) is 0 Å². The van der Waals surface area contributed by atoms with Crippen LogP contribution in [-0.4, -0.2) is 10.1 Å². The molecule has 0 atom stereocenters. The molecule has 102 valence electrons. The van der Waals surface area contributed by atoms with E-state index in [1.54, 1.807) is 0 Å². The highest BCUT2D eigenvalue weighted by atomic mass is 32.1. The van der Waals surface area contributed by atoms with Gasteiger partial charge in [-0.2, -0.15) is 16.3 Å². The van der Waals surface area contributed by atoms with Gasteiger partial charge in [0.2, 0.25) is 5.82 Å². The first-order valence-corrected chi connectivity index (χ1v) is 6.62. The van der Waals surface area contributed by atoms with E-state index in [1.165, 1.54) is 11.3 Å². The highest BCUT2D eigenvalue weighted by molar-refractivity contribution is 7.08. The number of aryl methyl sites for hydroxylation is 1. The Balaban J connectivity index is 2.07. The van der Waals surface area contributed by atoms with Crippen molar-refractivity contribution in [1.82, 2.24) is 10.1 Å². The molecule has 3 aromatic rings. The summed E-state index contributed by atoms with van der Waals surface area (Å²) in [7, 11) is 0. The average Bonchev–Trinajstić information content (AvgIpc) is 3.02. The van der Waals surface area contributed by atoms with Crippen LogP contribution in [0.5, 0.6) is 0 Å². The van der Waals surface area contributed by atoms with Gasteiger partial charge in [-0.3, -0.25) is 0 Å². The molecule has 0 unspecified atom stereocenters. The van der Waals surface area contributed by atoms with Crippen LogP contribution in [-0.2, 0) is 0 Å². The lowest BCUT2D eigenvalue weighted by Gasteiger charge is -2.01. The highest BCUT2D eigenvalue weighted by Crippen LogP contribution is 2.30. The minimum atomic E-state index is -1.01. The second-order valence-electron chi connectivity index (χ2n) is 4.25. The summed E-state index contributed by atoms with van der Waals surface area (Å²) in [5.74, 6) is -1.58. The van der Waals surface area contributed by atoms with Gasteiger partial charge in [-0.1, -0.05) is 5.16 Å². The lowest BCUT2D eigenvalue weighted by atomic mass is 10.1. The summed E-state index contributed by atoms with van der Waals surface area (Å²) >= 11 is 1.52. The number of thiophene rings is 1. The summed E-state index contributed by atoms with van der Waals surface area (Å²) in [6.07, 6.45) is 0. The molecular formula is C13H9F2N3OS. The summed E-state index contributed by atoms with van der Waals surface area (Å²) in [5, 5.41) is 7.68. The summed E-state index contributed by atoms with van der Waals surface area (Å²) < 4.78 is 31.4. The second kappa shape index (κ2) is 4.68. The molecule has 2 aromatic heterocycles. The minimum absolute atomic E-state index is 0.0427. The Labute approximate surface area is 116 Å². The van der Waals surface area contributed by atoms with Gasteiger partial charge in [-0.05, 0) is 23.9 Å². The first-order valence-electron chi connectivity index (χ1n) is 5.68. The Hall–Kier alpha value is -2.28. The average molecular weight is 293 g/mol. The molecule has 0 amide bonds. The van der Waals surface area contributed by atoms with Crippen molar-refractivity contribution >= 4 is 17.0 Å². The molecule has 0 aliphatic rings. The zero-order valence-corrected chi connectivity index (χ0v) is 11.2. The summed E-state index contributed by atoms with van der Waals surface area (Å²) in [5.41, 5.74) is 7.72. The molecule has 0 aliphatic heterocycles. The molecule has 0 saturated carbocycles. The maximum atomic E-state index is 13.3. The number of halogens is 2. The third kappa shape index (κ3) is 2.05. The highest BCUT2D eigenvalue weighted by Gasteiger charge is 2.17. The van der Waals surface area contributed by atoms with Crippen LogP contribution >= 0.6 is 11.3 Å².